The average Bonchev–Trinajstić information content (AvgIpc) is 2.41. The van der Waals surface area contributed by atoms with Crippen LogP contribution in [0.25, 0.3) is 0 Å². The summed E-state index contributed by atoms with van der Waals surface area (Å²) in [5.74, 6) is -0.141. The van der Waals surface area contributed by atoms with E-state index in [0.29, 0.717) is 11.3 Å². The predicted molar refractivity (Wildman–Crippen MR) is 87.2 cm³/mol. The minimum absolute atomic E-state index is 0.141. The zero-order chi connectivity index (χ0) is 14.9. The molecule has 2 aromatic rings. The summed E-state index contributed by atoms with van der Waals surface area (Å²) in [5, 5.41) is 2.95. The van der Waals surface area contributed by atoms with Crippen LogP contribution >= 0.6 is 15.9 Å². The number of nitrogen functional groups attached to an aromatic ring is 1. The van der Waals surface area contributed by atoms with Gasteiger partial charge in [-0.1, -0.05) is 17.7 Å². The summed E-state index contributed by atoms with van der Waals surface area (Å²) < 4.78 is 0.778. The van der Waals surface area contributed by atoms with E-state index in [2.05, 4.69) is 21.2 Å². The van der Waals surface area contributed by atoms with Crippen LogP contribution in [0.5, 0.6) is 0 Å². The first-order chi connectivity index (χ1) is 9.40. The number of anilines is 2. The molecule has 0 aliphatic rings. The number of aryl methyl sites for hydroxylation is 2. The predicted octanol–water partition coefficient (Wildman–Crippen LogP) is 4.21. The van der Waals surface area contributed by atoms with Crippen LogP contribution in [-0.4, -0.2) is 5.91 Å². The number of rotatable bonds is 2. The van der Waals surface area contributed by atoms with Gasteiger partial charge in [0.25, 0.3) is 5.91 Å². The van der Waals surface area contributed by atoms with Crippen molar-refractivity contribution < 1.29 is 4.79 Å². The Bertz CT molecular complexity index is 680. The largest absolute Gasteiger partial charge is 0.398 e. The summed E-state index contributed by atoms with van der Waals surface area (Å²) in [6, 6.07) is 9.45. The Kier molecular flexibility index (Phi) is 4.14. The van der Waals surface area contributed by atoms with Gasteiger partial charge in [0, 0.05) is 15.8 Å². The molecule has 4 heteroatoms. The topological polar surface area (TPSA) is 55.1 Å². The van der Waals surface area contributed by atoms with Gasteiger partial charge in [0.1, 0.15) is 0 Å². The molecule has 104 valence electrons. The number of nitrogens with two attached hydrogens (primary N) is 1. The van der Waals surface area contributed by atoms with Crippen LogP contribution in [0.4, 0.5) is 11.4 Å². The number of carbonyl (C=O) groups is 1. The second-order valence-corrected chi connectivity index (χ2v) is 5.76. The molecule has 0 saturated carbocycles. The number of halogens is 1. The van der Waals surface area contributed by atoms with Crippen molar-refractivity contribution in [3.05, 3.63) is 57.1 Å². The van der Waals surface area contributed by atoms with E-state index in [9.17, 15) is 4.79 Å². The van der Waals surface area contributed by atoms with Crippen LogP contribution in [-0.2, 0) is 0 Å². The molecule has 0 aromatic heterocycles. The van der Waals surface area contributed by atoms with Gasteiger partial charge in [0.05, 0.1) is 5.56 Å². The summed E-state index contributed by atoms with van der Waals surface area (Å²) in [4.78, 5) is 12.4. The molecular weight excluding hydrogens is 316 g/mol. The molecular formula is C16H17BrN2O. The summed E-state index contributed by atoms with van der Waals surface area (Å²) in [6.07, 6.45) is 0. The van der Waals surface area contributed by atoms with Crippen LogP contribution < -0.4 is 11.1 Å². The summed E-state index contributed by atoms with van der Waals surface area (Å²) in [5.41, 5.74) is 10.9. The number of nitrogens with one attached hydrogen (secondary N) is 1. The quantitative estimate of drug-likeness (QED) is 0.809. The van der Waals surface area contributed by atoms with E-state index in [1.54, 1.807) is 0 Å². The number of hydrogen-bond acceptors (Lipinski definition) is 2. The summed E-state index contributed by atoms with van der Waals surface area (Å²) >= 11 is 3.41. The Morgan fingerprint density at radius 1 is 1.15 bits per heavy atom. The lowest BCUT2D eigenvalue weighted by Gasteiger charge is -2.14. The maximum atomic E-state index is 12.4. The highest BCUT2D eigenvalue weighted by Crippen LogP contribution is 2.27. The Labute approximate surface area is 127 Å². The number of carbonyl (C=O) groups excluding carboxylic acids is 1. The van der Waals surface area contributed by atoms with Gasteiger partial charge in [-0.2, -0.15) is 0 Å². The van der Waals surface area contributed by atoms with Crippen molar-refractivity contribution in [2.24, 2.45) is 0 Å². The molecule has 0 atom stereocenters. The summed E-state index contributed by atoms with van der Waals surface area (Å²) in [6.45, 7) is 5.82. The van der Waals surface area contributed by atoms with Gasteiger partial charge < -0.3 is 11.1 Å². The van der Waals surface area contributed by atoms with Crippen molar-refractivity contribution >= 4 is 33.2 Å². The first kappa shape index (κ1) is 14.6. The normalized spacial score (nSPS) is 10.4. The molecule has 0 bridgehead atoms. The van der Waals surface area contributed by atoms with E-state index in [0.717, 1.165) is 26.9 Å². The van der Waals surface area contributed by atoms with Crippen LogP contribution in [0.15, 0.2) is 34.8 Å². The Morgan fingerprint density at radius 2 is 1.85 bits per heavy atom. The molecule has 0 aliphatic heterocycles. The highest BCUT2D eigenvalue weighted by atomic mass is 79.9. The minimum Gasteiger partial charge on any atom is -0.398 e. The fourth-order valence-corrected chi connectivity index (χ4v) is 2.48. The van der Waals surface area contributed by atoms with Gasteiger partial charge in [-0.05, 0) is 66.0 Å². The monoisotopic (exact) mass is 332 g/mol. The average molecular weight is 333 g/mol. The van der Waals surface area contributed by atoms with Crippen LogP contribution in [0, 0.1) is 20.8 Å². The molecule has 0 fully saturated rings. The standard InChI is InChI=1S/C16H17BrN2O/c1-9-4-6-13(17)12(8-9)16(20)19-15-10(2)5-7-14(18)11(15)3/h4-8H,18H2,1-3H3,(H,19,20). The second kappa shape index (κ2) is 5.67. The minimum atomic E-state index is -0.141. The van der Waals surface area contributed by atoms with Crippen LogP contribution in [0.2, 0.25) is 0 Å². The molecule has 0 radical (unpaired) electrons. The molecule has 2 rings (SSSR count). The Morgan fingerprint density at radius 3 is 2.55 bits per heavy atom. The Balaban J connectivity index is 2.38. The SMILES string of the molecule is Cc1ccc(Br)c(C(=O)Nc2c(C)ccc(N)c2C)c1. The van der Waals surface area contributed by atoms with Crippen molar-refractivity contribution in [3.8, 4) is 0 Å². The van der Waals surface area contributed by atoms with Crippen LogP contribution in [0.1, 0.15) is 27.0 Å². The molecule has 3 nitrogen and oxygen atoms in total. The molecule has 0 spiro atoms. The number of hydrogen-bond donors (Lipinski definition) is 2. The van der Waals surface area contributed by atoms with Gasteiger partial charge in [-0.3, -0.25) is 4.79 Å². The third-order valence-corrected chi connectivity index (χ3v) is 4.01. The lowest BCUT2D eigenvalue weighted by molar-refractivity contribution is 0.102. The van der Waals surface area contributed by atoms with Gasteiger partial charge in [-0.25, -0.2) is 0 Å². The van der Waals surface area contributed by atoms with E-state index in [1.165, 1.54) is 0 Å². The molecule has 3 N–H and O–H groups in total. The number of amides is 1. The lowest BCUT2D eigenvalue weighted by atomic mass is 10.1. The van der Waals surface area contributed by atoms with Gasteiger partial charge >= 0.3 is 0 Å². The molecule has 0 unspecified atom stereocenters. The molecule has 0 heterocycles. The van der Waals surface area contributed by atoms with E-state index >= 15 is 0 Å². The molecule has 20 heavy (non-hydrogen) atoms. The first-order valence-corrected chi connectivity index (χ1v) is 7.12. The molecule has 2 aromatic carbocycles. The van der Waals surface area contributed by atoms with E-state index in [-0.39, 0.29) is 5.91 Å². The maximum Gasteiger partial charge on any atom is 0.256 e. The lowest BCUT2D eigenvalue weighted by Crippen LogP contribution is -2.15. The van der Waals surface area contributed by atoms with Crippen molar-refractivity contribution in [2.45, 2.75) is 20.8 Å². The van der Waals surface area contributed by atoms with Gasteiger partial charge in [0.15, 0.2) is 0 Å². The fourth-order valence-electron chi connectivity index (χ4n) is 2.05. The zero-order valence-corrected chi connectivity index (χ0v) is 13.3. The number of benzene rings is 2. The van der Waals surface area contributed by atoms with E-state index in [4.69, 9.17) is 5.73 Å². The first-order valence-electron chi connectivity index (χ1n) is 6.33. The molecule has 0 saturated heterocycles. The highest BCUT2D eigenvalue weighted by Gasteiger charge is 2.14. The van der Waals surface area contributed by atoms with Gasteiger partial charge in [0.2, 0.25) is 0 Å². The van der Waals surface area contributed by atoms with Crippen molar-refractivity contribution in [2.75, 3.05) is 11.1 Å². The third-order valence-electron chi connectivity index (χ3n) is 3.32. The zero-order valence-electron chi connectivity index (χ0n) is 11.8. The Hall–Kier alpha value is -1.81. The molecule has 1 amide bonds. The van der Waals surface area contributed by atoms with Crippen LogP contribution in [0.3, 0.4) is 0 Å². The maximum absolute atomic E-state index is 12.4. The van der Waals surface area contributed by atoms with Crippen molar-refractivity contribution in [1.82, 2.24) is 0 Å². The fraction of sp³-hybridized carbons (Fsp3) is 0.188. The van der Waals surface area contributed by atoms with E-state index in [1.807, 2.05) is 51.1 Å². The van der Waals surface area contributed by atoms with Gasteiger partial charge in [-0.15, -0.1) is 0 Å². The third kappa shape index (κ3) is 2.85. The van der Waals surface area contributed by atoms with Crippen molar-refractivity contribution in [3.63, 3.8) is 0 Å². The smallest absolute Gasteiger partial charge is 0.256 e. The second-order valence-electron chi connectivity index (χ2n) is 4.91. The van der Waals surface area contributed by atoms with Crippen molar-refractivity contribution in [1.29, 1.82) is 0 Å². The highest BCUT2D eigenvalue weighted by molar-refractivity contribution is 9.10. The van der Waals surface area contributed by atoms with E-state index < -0.39 is 0 Å². The molecule has 0 aliphatic carbocycles. The summed E-state index contributed by atoms with van der Waals surface area (Å²) in [7, 11) is 0.